The number of halogens is 1. The molecule has 1 rings (SSSR count). The van der Waals surface area contributed by atoms with Gasteiger partial charge in [-0.2, -0.15) is 0 Å². The minimum absolute atomic E-state index is 0.666. The number of hydrogen-bond acceptors (Lipinski definition) is 1. The molecule has 1 aromatic carbocycles. The zero-order valence-electron chi connectivity index (χ0n) is 6.30. The van der Waals surface area contributed by atoms with Crippen LogP contribution in [0.25, 0.3) is 6.08 Å². The summed E-state index contributed by atoms with van der Waals surface area (Å²) in [6.07, 6.45) is 1.73. The molecule has 0 aliphatic carbocycles. The van der Waals surface area contributed by atoms with E-state index in [4.69, 9.17) is 16.3 Å². The van der Waals surface area contributed by atoms with Gasteiger partial charge >= 0.3 is 0 Å². The fourth-order valence-corrected chi connectivity index (χ4v) is 1.05. The van der Waals surface area contributed by atoms with Gasteiger partial charge in [-0.1, -0.05) is 24.3 Å². The van der Waals surface area contributed by atoms with Gasteiger partial charge in [-0.15, -0.1) is 0 Å². The van der Waals surface area contributed by atoms with Gasteiger partial charge in [-0.05, 0) is 23.8 Å². The molecule has 0 heterocycles. The van der Waals surface area contributed by atoms with E-state index in [0.29, 0.717) is 5.02 Å². The van der Waals surface area contributed by atoms with Gasteiger partial charge in [0.05, 0.1) is 7.11 Å². The molecular weight excluding hydrogens is 160 g/mol. The van der Waals surface area contributed by atoms with Crippen LogP contribution in [0, 0.1) is 0 Å². The molecule has 1 aromatic rings. The Morgan fingerprint density at radius 1 is 1.45 bits per heavy atom. The van der Waals surface area contributed by atoms with Gasteiger partial charge in [0.25, 0.3) is 0 Å². The second kappa shape index (κ2) is 3.44. The Bertz CT molecular complexity index is 268. The summed E-state index contributed by atoms with van der Waals surface area (Å²) in [6.45, 7) is 3.63. The third-order valence-electron chi connectivity index (χ3n) is 1.37. The average molecular weight is 169 g/mol. The van der Waals surface area contributed by atoms with Gasteiger partial charge in [0.1, 0.15) is 5.75 Å². The molecule has 0 N–H and O–H groups in total. The third kappa shape index (κ3) is 1.99. The van der Waals surface area contributed by atoms with Crippen molar-refractivity contribution in [3.63, 3.8) is 0 Å². The predicted octanol–water partition coefficient (Wildman–Crippen LogP) is 2.99. The molecule has 11 heavy (non-hydrogen) atoms. The Labute approximate surface area is 71.3 Å². The minimum atomic E-state index is 0.666. The van der Waals surface area contributed by atoms with Crippen LogP contribution >= 0.6 is 11.6 Å². The molecule has 2 heteroatoms. The summed E-state index contributed by atoms with van der Waals surface area (Å²) < 4.78 is 5.01. The summed E-state index contributed by atoms with van der Waals surface area (Å²) in [5.41, 5.74) is 0.967. The maximum absolute atomic E-state index is 5.78. The Hall–Kier alpha value is -0.950. The smallest absolute Gasteiger partial charge is 0.120 e. The first-order valence-corrected chi connectivity index (χ1v) is 3.61. The normalized spacial score (nSPS) is 9.27. The van der Waals surface area contributed by atoms with Crippen molar-refractivity contribution in [2.45, 2.75) is 0 Å². The largest absolute Gasteiger partial charge is 0.497 e. The first kappa shape index (κ1) is 8.15. The highest BCUT2D eigenvalue weighted by atomic mass is 35.5. The second-order valence-corrected chi connectivity index (χ2v) is 2.56. The molecule has 0 atom stereocenters. The molecule has 0 aromatic heterocycles. The van der Waals surface area contributed by atoms with Crippen molar-refractivity contribution in [3.05, 3.63) is 35.4 Å². The van der Waals surface area contributed by atoms with E-state index in [1.165, 1.54) is 0 Å². The van der Waals surface area contributed by atoms with Crippen LogP contribution in [0.4, 0.5) is 0 Å². The molecule has 0 spiro atoms. The molecule has 0 radical (unpaired) electrons. The first-order chi connectivity index (χ1) is 5.26. The van der Waals surface area contributed by atoms with Gasteiger partial charge in [0.2, 0.25) is 0 Å². The number of rotatable bonds is 2. The second-order valence-electron chi connectivity index (χ2n) is 2.13. The number of hydrogen-bond donors (Lipinski definition) is 0. The zero-order chi connectivity index (χ0) is 8.27. The van der Waals surface area contributed by atoms with Crippen molar-refractivity contribution in [2.24, 2.45) is 0 Å². The van der Waals surface area contributed by atoms with Gasteiger partial charge in [-0.3, -0.25) is 0 Å². The average Bonchev–Trinajstić information content (AvgIpc) is 2.03. The van der Waals surface area contributed by atoms with Crippen molar-refractivity contribution in [3.8, 4) is 5.75 Å². The lowest BCUT2D eigenvalue weighted by molar-refractivity contribution is 0.415. The highest BCUT2D eigenvalue weighted by molar-refractivity contribution is 6.30. The molecular formula is C9H9ClO. The van der Waals surface area contributed by atoms with Crippen molar-refractivity contribution >= 4 is 17.7 Å². The zero-order valence-corrected chi connectivity index (χ0v) is 7.06. The number of ether oxygens (including phenoxy) is 1. The van der Waals surface area contributed by atoms with Crippen LogP contribution in [-0.2, 0) is 0 Å². The minimum Gasteiger partial charge on any atom is -0.497 e. The summed E-state index contributed by atoms with van der Waals surface area (Å²) in [5.74, 6) is 0.757. The Balaban J connectivity index is 3.11. The molecule has 0 aliphatic rings. The highest BCUT2D eigenvalue weighted by Crippen LogP contribution is 2.20. The van der Waals surface area contributed by atoms with Crippen LogP contribution in [0.5, 0.6) is 5.75 Å². The molecule has 0 saturated carbocycles. The Kier molecular flexibility index (Phi) is 2.55. The molecule has 0 unspecified atom stereocenters. The van der Waals surface area contributed by atoms with E-state index >= 15 is 0 Å². The van der Waals surface area contributed by atoms with Gasteiger partial charge in [0, 0.05) is 5.02 Å². The van der Waals surface area contributed by atoms with E-state index in [1.54, 1.807) is 19.3 Å². The van der Waals surface area contributed by atoms with Gasteiger partial charge in [-0.25, -0.2) is 0 Å². The molecule has 58 valence electrons. The molecule has 0 fully saturated rings. The number of methoxy groups -OCH3 is 1. The lowest BCUT2D eigenvalue weighted by Gasteiger charge is -2.01. The number of benzene rings is 1. The van der Waals surface area contributed by atoms with Crippen LogP contribution in [0.1, 0.15) is 5.56 Å². The van der Waals surface area contributed by atoms with Gasteiger partial charge in [0.15, 0.2) is 0 Å². The fourth-order valence-electron chi connectivity index (χ4n) is 0.820. The van der Waals surface area contributed by atoms with Crippen LogP contribution < -0.4 is 4.74 Å². The van der Waals surface area contributed by atoms with Crippen LogP contribution in [0.15, 0.2) is 24.8 Å². The molecule has 0 amide bonds. The summed E-state index contributed by atoms with van der Waals surface area (Å²) in [4.78, 5) is 0. The third-order valence-corrected chi connectivity index (χ3v) is 1.58. The van der Waals surface area contributed by atoms with E-state index in [9.17, 15) is 0 Å². The monoisotopic (exact) mass is 168 g/mol. The van der Waals surface area contributed by atoms with Crippen LogP contribution in [-0.4, -0.2) is 7.11 Å². The molecule has 0 aliphatic heterocycles. The maximum atomic E-state index is 5.78. The molecule has 0 bridgehead atoms. The predicted molar refractivity (Wildman–Crippen MR) is 48.1 cm³/mol. The lowest BCUT2D eigenvalue weighted by Crippen LogP contribution is -1.82. The standard InChI is InChI=1S/C9H9ClO/c1-3-7-4-8(10)6-9(5-7)11-2/h3-6H,1H2,2H3. The SMILES string of the molecule is C=Cc1cc(Cl)cc(OC)c1. The Morgan fingerprint density at radius 3 is 2.73 bits per heavy atom. The van der Waals surface area contributed by atoms with Crippen molar-refractivity contribution in [1.82, 2.24) is 0 Å². The van der Waals surface area contributed by atoms with E-state index in [0.717, 1.165) is 11.3 Å². The first-order valence-electron chi connectivity index (χ1n) is 3.23. The maximum Gasteiger partial charge on any atom is 0.120 e. The lowest BCUT2D eigenvalue weighted by atomic mass is 10.2. The summed E-state index contributed by atoms with van der Waals surface area (Å²) >= 11 is 5.78. The van der Waals surface area contributed by atoms with E-state index < -0.39 is 0 Å². The van der Waals surface area contributed by atoms with Crippen molar-refractivity contribution in [1.29, 1.82) is 0 Å². The summed E-state index contributed by atoms with van der Waals surface area (Å²) in [5, 5.41) is 0.666. The summed E-state index contributed by atoms with van der Waals surface area (Å²) in [6, 6.07) is 5.46. The molecule has 0 saturated heterocycles. The highest BCUT2D eigenvalue weighted by Gasteiger charge is 1.95. The van der Waals surface area contributed by atoms with Gasteiger partial charge < -0.3 is 4.74 Å². The van der Waals surface area contributed by atoms with E-state index in [-0.39, 0.29) is 0 Å². The topological polar surface area (TPSA) is 9.23 Å². The van der Waals surface area contributed by atoms with Crippen LogP contribution in [0.3, 0.4) is 0 Å². The van der Waals surface area contributed by atoms with Crippen LogP contribution in [0.2, 0.25) is 5.02 Å². The van der Waals surface area contributed by atoms with Crippen molar-refractivity contribution in [2.75, 3.05) is 7.11 Å². The summed E-state index contributed by atoms with van der Waals surface area (Å²) in [7, 11) is 1.61. The fraction of sp³-hybridized carbons (Fsp3) is 0.111. The van der Waals surface area contributed by atoms with E-state index in [1.807, 2.05) is 12.1 Å². The Morgan fingerprint density at radius 2 is 2.18 bits per heavy atom. The molecule has 1 nitrogen and oxygen atoms in total. The van der Waals surface area contributed by atoms with Crippen molar-refractivity contribution < 1.29 is 4.74 Å². The van der Waals surface area contributed by atoms with E-state index in [2.05, 4.69) is 6.58 Å². The quantitative estimate of drug-likeness (QED) is 0.660.